The first-order chi connectivity index (χ1) is 8.56. The minimum absolute atomic E-state index is 0.0318. The molecule has 0 amide bonds. The normalized spacial score (nSPS) is 10.4. The minimum atomic E-state index is -0.700. The van der Waals surface area contributed by atoms with Gasteiger partial charge in [-0.1, -0.05) is 12.2 Å². The summed E-state index contributed by atoms with van der Waals surface area (Å²) in [4.78, 5) is -0.0318. The molecule has 1 rings (SSSR count). The lowest BCUT2D eigenvalue weighted by atomic mass is 10.2. The average molecular weight is 274 g/mol. The zero-order valence-corrected chi connectivity index (χ0v) is 10.9. The maximum atomic E-state index is 13.6. The number of benzene rings is 1. The summed E-state index contributed by atoms with van der Waals surface area (Å²) >= 11 is 4.67. The summed E-state index contributed by atoms with van der Waals surface area (Å²) in [6.45, 7) is 3.50. The van der Waals surface area contributed by atoms with Gasteiger partial charge in [-0.15, -0.1) is 0 Å². The fourth-order valence-electron chi connectivity index (χ4n) is 1.42. The maximum absolute atomic E-state index is 13.6. The number of ether oxygens (including phenoxy) is 1. The first-order valence-corrected chi connectivity index (χ1v) is 6.07. The van der Waals surface area contributed by atoms with Gasteiger partial charge in [-0.2, -0.15) is 0 Å². The van der Waals surface area contributed by atoms with Crippen molar-refractivity contribution in [2.45, 2.75) is 13.3 Å². The summed E-state index contributed by atoms with van der Waals surface area (Å²) < 4.78 is 32.3. The number of nitrogens with one attached hydrogen (secondary N) is 1. The van der Waals surface area contributed by atoms with E-state index in [1.807, 2.05) is 6.92 Å². The third-order valence-electron chi connectivity index (χ3n) is 2.30. The minimum Gasteiger partial charge on any atom is -0.389 e. The first kappa shape index (κ1) is 14.8. The van der Waals surface area contributed by atoms with E-state index in [4.69, 9.17) is 10.5 Å². The molecular formula is C12H16F2N2OS. The quantitative estimate of drug-likeness (QED) is 0.592. The summed E-state index contributed by atoms with van der Waals surface area (Å²) in [5.41, 5.74) is 5.34. The Bertz CT molecular complexity index is 404. The smallest absolute Gasteiger partial charge is 0.150 e. The van der Waals surface area contributed by atoms with Crippen LogP contribution in [0.5, 0.6) is 0 Å². The van der Waals surface area contributed by atoms with E-state index in [0.29, 0.717) is 26.2 Å². The number of hydrogen-bond donors (Lipinski definition) is 2. The first-order valence-electron chi connectivity index (χ1n) is 5.66. The molecule has 6 heteroatoms. The van der Waals surface area contributed by atoms with Crippen molar-refractivity contribution in [2.75, 3.05) is 25.1 Å². The highest BCUT2D eigenvalue weighted by atomic mass is 32.1. The van der Waals surface area contributed by atoms with Crippen molar-refractivity contribution in [2.24, 2.45) is 5.73 Å². The van der Waals surface area contributed by atoms with E-state index in [9.17, 15) is 8.78 Å². The number of rotatable bonds is 7. The van der Waals surface area contributed by atoms with Gasteiger partial charge in [0.1, 0.15) is 22.3 Å². The van der Waals surface area contributed by atoms with Crippen LogP contribution in [-0.2, 0) is 4.74 Å². The molecule has 0 atom stereocenters. The van der Waals surface area contributed by atoms with Crippen LogP contribution in [0.4, 0.5) is 14.5 Å². The Morgan fingerprint density at radius 2 is 2.00 bits per heavy atom. The summed E-state index contributed by atoms with van der Waals surface area (Å²) in [5.74, 6) is -1.40. The van der Waals surface area contributed by atoms with Crippen LogP contribution in [0.15, 0.2) is 12.1 Å². The lowest BCUT2D eigenvalue weighted by molar-refractivity contribution is 0.147. The SMILES string of the molecule is CCOCCCNc1c(F)cc(C(N)=S)cc1F. The van der Waals surface area contributed by atoms with Gasteiger partial charge >= 0.3 is 0 Å². The van der Waals surface area contributed by atoms with Crippen LogP contribution in [0.2, 0.25) is 0 Å². The Morgan fingerprint density at radius 1 is 1.39 bits per heavy atom. The monoisotopic (exact) mass is 274 g/mol. The Balaban J connectivity index is 2.63. The van der Waals surface area contributed by atoms with Crippen LogP contribution >= 0.6 is 12.2 Å². The molecule has 0 aliphatic carbocycles. The number of nitrogens with two attached hydrogens (primary N) is 1. The molecule has 0 fully saturated rings. The average Bonchev–Trinajstić information content (AvgIpc) is 2.31. The molecule has 18 heavy (non-hydrogen) atoms. The molecule has 0 aromatic heterocycles. The molecule has 3 N–H and O–H groups in total. The van der Waals surface area contributed by atoms with Gasteiger partial charge in [0.2, 0.25) is 0 Å². The lowest BCUT2D eigenvalue weighted by Gasteiger charge is -2.10. The van der Waals surface area contributed by atoms with Gasteiger partial charge in [-0.3, -0.25) is 0 Å². The standard InChI is InChI=1S/C12H16F2N2OS/c1-2-17-5-3-4-16-11-9(13)6-8(12(15)18)7-10(11)14/h6-7,16H,2-5H2,1H3,(H2,15,18). The van der Waals surface area contributed by atoms with Crippen LogP contribution in [0.3, 0.4) is 0 Å². The molecular weight excluding hydrogens is 258 g/mol. The molecule has 0 aliphatic heterocycles. The largest absolute Gasteiger partial charge is 0.389 e. The van der Waals surface area contributed by atoms with Crippen LogP contribution in [-0.4, -0.2) is 24.7 Å². The molecule has 0 saturated heterocycles. The molecule has 0 spiro atoms. The third-order valence-corrected chi connectivity index (χ3v) is 2.53. The Morgan fingerprint density at radius 3 is 2.50 bits per heavy atom. The van der Waals surface area contributed by atoms with Crippen LogP contribution in [0, 0.1) is 11.6 Å². The van der Waals surface area contributed by atoms with Gasteiger partial charge in [0.15, 0.2) is 0 Å². The number of halogens is 2. The van der Waals surface area contributed by atoms with Gasteiger partial charge in [0.25, 0.3) is 0 Å². The molecule has 0 radical (unpaired) electrons. The third kappa shape index (κ3) is 4.19. The van der Waals surface area contributed by atoms with Crippen molar-refractivity contribution in [3.8, 4) is 0 Å². The summed E-state index contributed by atoms with van der Waals surface area (Å²) in [7, 11) is 0. The van der Waals surface area contributed by atoms with Gasteiger partial charge in [0.05, 0.1) is 0 Å². The van der Waals surface area contributed by atoms with Crippen molar-refractivity contribution in [3.63, 3.8) is 0 Å². The van der Waals surface area contributed by atoms with E-state index in [1.165, 1.54) is 0 Å². The Hall–Kier alpha value is -1.27. The highest BCUT2D eigenvalue weighted by molar-refractivity contribution is 7.80. The molecule has 0 heterocycles. The Labute approximate surface area is 110 Å². The predicted octanol–water partition coefficient (Wildman–Crippen LogP) is 2.44. The van der Waals surface area contributed by atoms with Gasteiger partial charge in [0, 0.05) is 25.3 Å². The van der Waals surface area contributed by atoms with E-state index in [1.54, 1.807) is 0 Å². The zero-order valence-electron chi connectivity index (χ0n) is 10.1. The van der Waals surface area contributed by atoms with Crippen molar-refractivity contribution in [3.05, 3.63) is 29.3 Å². The van der Waals surface area contributed by atoms with Crippen molar-refractivity contribution >= 4 is 22.9 Å². The second-order valence-electron chi connectivity index (χ2n) is 3.66. The molecule has 0 aliphatic rings. The van der Waals surface area contributed by atoms with Crippen LogP contribution in [0.25, 0.3) is 0 Å². The highest BCUT2D eigenvalue weighted by Gasteiger charge is 2.11. The van der Waals surface area contributed by atoms with Crippen molar-refractivity contribution < 1.29 is 13.5 Å². The Kier molecular flexibility index (Phi) is 5.94. The number of hydrogen-bond acceptors (Lipinski definition) is 3. The van der Waals surface area contributed by atoms with Crippen molar-refractivity contribution in [1.82, 2.24) is 0 Å². The maximum Gasteiger partial charge on any atom is 0.150 e. The van der Waals surface area contributed by atoms with E-state index in [2.05, 4.69) is 17.5 Å². The molecule has 0 saturated carbocycles. The fourth-order valence-corrected chi connectivity index (χ4v) is 1.53. The molecule has 100 valence electrons. The molecule has 1 aromatic rings. The van der Waals surface area contributed by atoms with Gasteiger partial charge in [-0.25, -0.2) is 8.78 Å². The highest BCUT2D eigenvalue weighted by Crippen LogP contribution is 2.20. The predicted molar refractivity (Wildman–Crippen MR) is 71.8 cm³/mol. The zero-order chi connectivity index (χ0) is 13.5. The van der Waals surface area contributed by atoms with E-state index in [0.717, 1.165) is 12.1 Å². The van der Waals surface area contributed by atoms with Gasteiger partial charge < -0.3 is 15.8 Å². The van der Waals surface area contributed by atoms with E-state index in [-0.39, 0.29) is 16.2 Å². The van der Waals surface area contributed by atoms with Crippen LogP contribution < -0.4 is 11.1 Å². The number of anilines is 1. The summed E-state index contributed by atoms with van der Waals surface area (Å²) in [5, 5.41) is 2.69. The molecule has 0 unspecified atom stereocenters. The summed E-state index contributed by atoms with van der Waals surface area (Å²) in [6.07, 6.45) is 0.670. The molecule has 3 nitrogen and oxygen atoms in total. The number of thiocarbonyl (C=S) groups is 1. The lowest BCUT2D eigenvalue weighted by Crippen LogP contribution is -2.13. The second-order valence-corrected chi connectivity index (χ2v) is 4.10. The van der Waals surface area contributed by atoms with Crippen LogP contribution in [0.1, 0.15) is 18.9 Å². The van der Waals surface area contributed by atoms with E-state index < -0.39 is 11.6 Å². The molecule has 1 aromatic carbocycles. The second kappa shape index (κ2) is 7.23. The van der Waals surface area contributed by atoms with Gasteiger partial charge in [-0.05, 0) is 25.5 Å². The van der Waals surface area contributed by atoms with Crippen molar-refractivity contribution in [1.29, 1.82) is 0 Å². The molecule has 0 bridgehead atoms. The summed E-state index contributed by atoms with van der Waals surface area (Å²) in [6, 6.07) is 2.24. The van der Waals surface area contributed by atoms with E-state index >= 15 is 0 Å². The fraction of sp³-hybridized carbons (Fsp3) is 0.417. The topological polar surface area (TPSA) is 47.3 Å².